The van der Waals surface area contributed by atoms with E-state index in [1.54, 1.807) is 18.2 Å². The molecule has 0 aliphatic carbocycles. The van der Waals surface area contributed by atoms with E-state index in [9.17, 15) is 0 Å². The number of phenols is 1. The minimum atomic E-state index is 0. The lowest BCUT2D eigenvalue weighted by Gasteiger charge is -2.10. The molecule has 1 N–H and O–H groups in total. The fourth-order valence-corrected chi connectivity index (χ4v) is 1.14. The number of nitrogens with zero attached hydrogens (tertiary/aromatic N) is 1. The summed E-state index contributed by atoms with van der Waals surface area (Å²) in [7, 11) is 4.07. The minimum absolute atomic E-state index is 0. The molecule has 0 bridgehead atoms. The number of benzene rings is 1. The maximum atomic E-state index is 9.17. The van der Waals surface area contributed by atoms with Crippen molar-refractivity contribution in [3.63, 3.8) is 0 Å². The smallest absolute Gasteiger partial charge is 0.122 e. The number of halogens is 1. The Morgan fingerprint density at radius 2 is 2.07 bits per heavy atom. The molecule has 0 aromatic heterocycles. The summed E-state index contributed by atoms with van der Waals surface area (Å²) in [6.07, 6.45) is 0.989. The van der Waals surface area contributed by atoms with Crippen LogP contribution in [0.1, 0.15) is 6.42 Å². The van der Waals surface area contributed by atoms with Crippen LogP contribution in [0.5, 0.6) is 11.5 Å². The van der Waals surface area contributed by atoms with Crippen LogP contribution in [0.25, 0.3) is 0 Å². The second kappa shape index (κ2) is 7.37. The number of hydrogen-bond acceptors (Lipinski definition) is 3. The summed E-state index contributed by atoms with van der Waals surface area (Å²) < 4.78 is 5.45. The molecule has 0 heterocycles. The lowest BCUT2D eigenvalue weighted by Crippen LogP contribution is -2.15. The summed E-state index contributed by atoms with van der Waals surface area (Å²) in [5, 5.41) is 9.17. The predicted octanol–water partition coefficient (Wildman–Crippen LogP) is 2.14. The van der Waals surface area contributed by atoms with Gasteiger partial charge < -0.3 is 14.7 Å². The van der Waals surface area contributed by atoms with E-state index in [0.29, 0.717) is 6.61 Å². The van der Waals surface area contributed by atoms with Crippen LogP contribution >= 0.6 is 12.4 Å². The van der Waals surface area contributed by atoms with Crippen LogP contribution in [0.15, 0.2) is 24.3 Å². The van der Waals surface area contributed by atoms with Crippen molar-refractivity contribution in [3.8, 4) is 11.5 Å². The topological polar surface area (TPSA) is 32.7 Å². The Morgan fingerprint density at radius 3 is 2.67 bits per heavy atom. The lowest BCUT2D eigenvalue weighted by atomic mass is 10.3. The van der Waals surface area contributed by atoms with Crippen molar-refractivity contribution in [2.45, 2.75) is 6.42 Å². The molecule has 0 aliphatic heterocycles. The Morgan fingerprint density at radius 1 is 1.33 bits per heavy atom. The zero-order valence-corrected chi connectivity index (χ0v) is 9.96. The van der Waals surface area contributed by atoms with E-state index in [0.717, 1.165) is 18.7 Å². The third kappa shape index (κ3) is 6.20. The quantitative estimate of drug-likeness (QED) is 0.789. The standard InChI is InChI=1S/C11H17NO2.ClH/c1-12(2)7-4-8-14-11-6-3-5-10(13)9-11;/h3,5-6,9,13H,4,7-8H2,1-2H3;1H. The molecule has 1 aromatic rings. The van der Waals surface area contributed by atoms with E-state index >= 15 is 0 Å². The average molecular weight is 232 g/mol. The number of hydrogen-bond donors (Lipinski definition) is 1. The van der Waals surface area contributed by atoms with Crippen molar-refractivity contribution in [2.75, 3.05) is 27.2 Å². The van der Waals surface area contributed by atoms with Crippen LogP contribution in [0.2, 0.25) is 0 Å². The van der Waals surface area contributed by atoms with E-state index in [1.165, 1.54) is 0 Å². The summed E-state index contributed by atoms with van der Waals surface area (Å²) in [5.74, 6) is 0.971. The van der Waals surface area contributed by atoms with Gasteiger partial charge in [-0.3, -0.25) is 0 Å². The molecule has 1 rings (SSSR count). The first-order chi connectivity index (χ1) is 6.68. The summed E-state index contributed by atoms with van der Waals surface area (Å²) in [6, 6.07) is 6.87. The molecule has 3 nitrogen and oxygen atoms in total. The molecule has 0 unspecified atom stereocenters. The Hall–Kier alpha value is -0.930. The molecule has 0 amide bonds. The molecule has 4 heteroatoms. The molecular formula is C11H18ClNO2. The second-order valence-corrected chi connectivity index (χ2v) is 3.50. The van der Waals surface area contributed by atoms with Gasteiger partial charge in [0.05, 0.1) is 6.61 Å². The normalized spacial score (nSPS) is 9.80. The van der Waals surface area contributed by atoms with Crippen molar-refractivity contribution in [1.82, 2.24) is 4.90 Å². The van der Waals surface area contributed by atoms with Gasteiger partial charge >= 0.3 is 0 Å². The van der Waals surface area contributed by atoms with Gasteiger partial charge in [-0.25, -0.2) is 0 Å². The predicted molar refractivity (Wildman–Crippen MR) is 64.0 cm³/mol. The first-order valence-electron chi connectivity index (χ1n) is 4.75. The number of rotatable bonds is 5. The summed E-state index contributed by atoms with van der Waals surface area (Å²) in [4.78, 5) is 2.12. The van der Waals surface area contributed by atoms with Crippen molar-refractivity contribution < 1.29 is 9.84 Å². The fourth-order valence-electron chi connectivity index (χ4n) is 1.14. The van der Waals surface area contributed by atoms with E-state index in [4.69, 9.17) is 9.84 Å². The maximum absolute atomic E-state index is 9.17. The Bertz CT molecular complexity index is 279. The molecule has 1 aromatic carbocycles. The Balaban J connectivity index is 0.00000196. The van der Waals surface area contributed by atoms with Gasteiger partial charge in [-0.15, -0.1) is 12.4 Å². The minimum Gasteiger partial charge on any atom is -0.508 e. The summed E-state index contributed by atoms with van der Waals surface area (Å²) in [5.41, 5.74) is 0. The zero-order valence-electron chi connectivity index (χ0n) is 9.14. The highest BCUT2D eigenvalue weighted by atomic mass is 35.5. The molecule has 86 valence electrons. The second-order valence-electron chi connectivity index (χ2n) is 3.50. The van der Waals surface area contributed by atoms with Crippen molar-refractivity contribution in [3.05, 3.63) is 24.3 Å². The summed E-state index contributed by atoms with van der Waals surface area (Å²) >= 11 is 0. The van der Waals surface area contributed by atoms with Crippen molar-refractivity contribution in [2.24, 2.45) is 0 Å². The molecule has 0 fully saturated rings. The van der Waals surface area contributed by atoms with Crippen LogP contribution in [0.3, 0.4) is 0 Å². The molecule has 0 saturated heterocycles. The van der Waals surface area contributed by atoms with Gasteiger partial charge in [0.1, 0.15) is 11.5 Å². The molecular weight excluding hydrogens is 214 g/mol. The fraction of sp³-hybridized carbons (Fsp3) is 0.455. The molecule has 0 saturated carbocycles. The Kier molecular flexibility index (Phi) is 6.92. The van der Waals surface area contributed by atoms with Gasteiger partial charge in [0.2, 0.25) is 0 Å². The monoisotopic (exact) mass is 231 g/mol. The molecule has 0 radical (unpaired) electrons. The average Bonchev–Trinajstić information content (AvgIpc) is 2.12. The van der Waals surface area contributed by atoms with Crippen molar-refractivity contribution in [1.29, 1.82) is 0 Å². The highest BCUT2D eigenvalue weighted by molar-refractivity contribution is 5.85. The van der Waals surface area contributed by atoms with Gasteiger partial charge in [-0.1, -0.05) is 6.07 Å². The largest absolute Gasteiger partial charge is 0.508 e. The number of phenolic OH excluding ortho intramolecular Hbond substituents is 1. The van der Waals surface area contributed by atoms with Gasteiger partial charge in [0, 0.05) is 12.6 Å². The van der Waals surface area contributed by atoms with Gasteiger partial charge in [-0.05, 0) is 32.6 Å². The van der Waals surface area contributed by atoms with Crippen LogP contribution < -0.4 is 4.74 Å². The zero-order chi connectivity index (χ0) is 10.4. The third-order valence-electron chi connectivity index (χ3n) is 1.84. The van der Waals surface area contributed by atoms with E-state index in [1.807, 2.05) is 20.2 Å². The van der Waals surface area contributed by atoms with E-state index < -0.39 is 0 Å². The van der Waals surface area contributed by atoms with Gasteiger partial charge in [0.25, 0.3) is 0 Å². The third-order valence-corrected chi connectivity index (χ3v) is 1.84. The van der Waals surface area contributed by atoms with Crippen LogP contribution in [0.4, 0.5) is 0 Å². The van der Waals surface area contributed by atoms with Crippen LogP contribution in [-0.4, -0.2) is 37.3 Å². The highest BCUT2D eigenvalue weighted by Crippen LogP contribution is 2.17. The van der Waals surface area contributed by atoms with E-state index in [2.05, 4.69) is 4.90 Å². The van der Waals surface area contributed by atoms with Gasteiger partial charge in [-0.2, -0.15) is 0 Å². The van der Waals surface area contributed by atoms with Gasteiger partial charge in [0.15, 0.2) is 0 Å². The first-order valence-corrected chi connectivity index (χ1v) is 4.75. The SMILES string of the molecule is CN(C)CCCOc1cccc(O)c1.Cl. The molecule has 0 aliphatic rings. The summed E-state index contributed by atoms with van der Waals surface area (Å²) in [6.45, 7) is 1.69. The van der Waals surface area contributed by atoms with Crippen LogP contribution in [0, 0.1) is 0 Å². The van der Waals surface area contributed by atoms with E-state index in [-0.39, 0.29) is 18.2 Å². The van der Waals surface area contributed by atoms with Crippen LogP contribution in [-0.2, 0) is 0 Å². The first kappa shape index (κ1) is 14.1. The molecule has 0 spiro atoms. The highest BCUT2D eigenvalue weighted by Gasteiger charge is 1.95. The lowest BCUT2D eigenvalue weighted by molar-refractivity contribution is 0.280. The number of aromatic hydroxyl groups is 1. The van der Waals surface area contributed by atoms with Crippen molar-refractivity contribution >= 4 is 12.4 Å². The Labute approximate surface area is 97.1 Å². The number of ether oxygens (including phenoxy) is 1. The molecule has 15 heavy (non-hydrogen) atoms. The maximum Gasteiger partial charge on any atom is 0.122 e. The molecule has 0 atom stereocenters.